The van der Waals surface area contributed by atoms with Gasteiger partial charge in [-0.25, -0.2) is 4.98 Å². The molecule has 0 spiro atoms. The molecule has 1 aliphatic heterocycles. The van der Waals surface area contributed by atoms with Gasteiger partial charge in [0.2, 0.25) is 0 Å². The van der Waals surface area contributed by atoms with Crippen LogP contribution in [0.25, 0.3) is 0 Å². The summed E-state index contributed by atoms with van der Waals surface area (Å²) in [5, 5.41) is 0. The van der Waals surface area contributed by atoms with Gasteiger partial charge in [-0.15, -0.1) is 0 Å². The Labute approximate surface area is 84.3 Å². The Morgan fingerprint density at radius 3 is 3.14 bits per heavy atom. The zero-order chi connectivity index (χ0) is 9.97. The second-order valence-electron chi connectivity index (χ2n) is 3.67. The molecule has 0 aliphatic carbocycles. The second kappa shape index (κ2) is 3.96. The lowest BCUT2D eigenvalue weighted by atomic mass is 10.0. The van der Waals surface area contributed by atoms with Crippen LogP contribution < -0.4 is 5.73 Å². The molecular formula is C11H16N2O. The molecule has 0 saturated carbocycles. The van der Waals surface area contributed by atoms with E-state index in [-0.39, 0.29) is 6.10 Å². The molecule has 1 fully saturated rings. The third-order valence-corrected chi connectivity index (χ3v) is 2.69. The first-order valence-electron chi connectivity index (χ1n) is 5.17. The van der Waals surface area contributed by atoms with E-state index in [4.69, 9.17) is 10.5 Å². The topological polar surface area (TPSA) is 48.1 Å². The molecular weight excluding hydrogens is 176 g/mol. The summed E-state index contributed by atoms with van der Waals surface area (Å²) < 4.78 is 5.60. The van der Waals surface area contributed by atoms with Crippen molar-refractivity contribution in [3.63, 3.8) is 0 Å². The second-order valence-corrected chi connectivity index (χ2v) is 3.67. The monoisotopic (exact) mass is 192 g/mol. The molecule has 1 unspecified atom stereocenters. The fourth-order valence-electron chi connectivity index (χ4n) is 1.81. The van der Waals surface area contributed by atoms with Crippen LogP contribution in [0.5, 0.6) is 0 Å². The number of ether oxygens (including phenoxy) is 1. The van der Waals surface area contributed by atoms with E-state index in [2.05, 4.69) is 18.0 Å². The maximum absolute atomic E-state index is 5.83. The molecule has 2 heterocycles. The van der Waals surface area contributed by atoms with E-state index in [0.29, 0.717) is 5.82 Å². The van der Waals surface area contributed by atoms with Gasteiger partial charge in [-0.05, 0) is 30.9 Å². The predicted molar refractivity (Wildman–Crippen MR) is 56.0 cm³/mol. The lowest BCUT2D eigenvalue weighted by Crippen LogP contribution is -2.04. The number of hydrogen-bond acceptors (Lipinski definition) is 3. The van der Waals surface area contributed by atoms with Gasteiger partial charge in [0.05, 0.1) is 6.10 Å². The van der Waals surface area contributed by atoms with E-state index < -0.39 is 0 Å². The van der Waals surface area contributed by atoms with Crippen molar-refractivity contribution in [3.05, 3.63) is 23.4 Å². The van der Waals surface area contributed by atoms with Gasteiger partial charge in [-0.2, -0.15) is 0 Å². The number of nitrogens with zero attached hydrogens (tertiary/aromatic N) is 1. The average molecular weight is 192 g/mol. The van der Waals surface area contributed by atoms with E-state index in [1.54, 1.807) is 0 Å². The molecule has 76 valence electrons. The van der Waals surface area contributed by atoms with Crippen molar-refractivity contribution in [2.45, 2.75) is 32.3 Å². The first-order valence-corrected chi connectivity index (χ1v) is 5.17. The van der Waals surface area contributed by atoms with E-state index in [9.17, 15) is 0 Å². The van der Waals surface area contributed by atoms with Crippen LogP contribution in [-0.2, 0) is 11.2 Å². The fourth-order valence-corrected chi connectivity index (χ4v) is 1.81. The van der Waals surface area contributed by atoms with Crippen molar-refractivity contribution in [1.29, 1.82) is 0 Å². The molecule has 3 heteroatoms. The minimum absolute atomic E-state index is 0.175. The van der Waals surface area contributed by atoms with Crippen molar-refractivity contribution < 1.29 is 4.74 Å². The van der Waals surface area contributed by atoms with Crippen LogP contribution in [0.3, 0.4) is 0 Å². The van der Waals surface area contributed by atoms with Crippen molar-refractivity contribution in [2.24, 2.45) is 0 Å². The van der Waals surface area contributed by atoms with Gasteiger partial charge < -0.3 is 10.5 Å². The highest BCUT2D eigenvalue weighted by molar-refractivity contribution is 5.42. The standard InChI is InChI=1S/C11H16N2O/c1-2-8-6-9(11(12)13-7-8)10-4-3-5-14-10/h6-7,10H,2-5H2,1H3,(H2,12,13). The molecule has 14 heavy (non-hydrogen) atoms. The minimum Gasteiger partial charge on any atom is -0.383 e. The van der Waals surface area contributed by atoms with Crippen LogP contribution in [0.15, 0.2) is 12.3 Å². The summed E-state index contributed by atoms with van der Waals surface area (Å²) in [5.74, 6) is 0.620. The lowest BCUT2D eigenvalue weighted by Gasteiger charge is -2.12. The fraction of sp³-hybridized carbons (Fsp3) is 0.545. The highest BCUT2D eigenvalue weighted by atomic mass is 16.5. The number of nitrogen functional groups attached to an aromatic ring is 1. The quantitative estimate of drug-likeness (QED) is 0.780. The van der Waals surface area contributed by atoms with E-state index in [1.165, 1.54) is 5.56 Å². The van der Waals surface area contributed by atoms with Crippen LogP contribution in [0, 0.1) is 0 Å². The average Bonchev–Trinajstić information content (AvgIpc) is 2.71. The lowest BCUT2D eigenvalue weighted by molar-refractivity contribution is 0.112. The Morgan fingerprint density at radius 2 is 2.50 bits per heavy atom. The molecule has 0 aromatic carbocycles. The van der Waals surface area contributed by atoms with Gasteiger partial charge in [0.15, 0.2) is 0 Å². The van der Waals surface area contributed by atoms with Crippen molar-refractivity contribution in [1.82, 2.24) is 4.98 Å². The van der Waals surface area contributed by atoms with Crippen LogP contribution in [0.4, 0.5) is 5.82 Å². The first kappa shape index (κ1) is 9.46. The Balaban J connectivity index is 2.29. The third-order valence-electron chi connectivity index (χ3n) is 2.69. The zero-order valence-corrected chi connectivity index (χ0v) is 8.49. The van der Waals surface area contributed by atoms with Gasteiger partial charge in [-0.3, -0.25) is 0 Å². The minimum atomic E-state index is 0.175. The molecule has 1 atom stereocenters. The van der Waals surface area contributed by atoms with E-state index in [0.717, 1.165) is 31.4 Å². The summed E-state index contributed by atoms with van der Waals surface area (Å²) in [5.41, 5.74) is 8.13. The highest BCUT2D eigenvalue weighted by Crippen LogP contribution is 2.31. The van der Waals surface area contributed by atoms with Gasteiger partial charge in [0.25, 0.3) is 0 Å². The van der Waals surface area contributed by atoms with Crippen molar-refractivity contribution in [3.8, 4) is 0 Å². The summed E-state index contributed by atoms with van der Waals surface area (Å²) in [7, 11) is 0. The molecule has 0 radical (unpaired) electrons. The predicted octanol–water partition coefficient (Wildman–Crippen LogP) is 2.08. The number of hydrogen-bond donors (Lipinski definition) is 1. The Hall–Kier alpha value is -1.09. The number of rotatable bonds is 2. The number of anilines is 1. The molecule has 1 aromatic heterocycles. The Bertz CT molecular complexity index is 319. The molecule has 2 N–H and O–H groups in total. The summed E-state index contributed by atoms with van der Waals surface area (Å²) >= 11 is 0. The summed E-state index contributed by atoms with van der Waals surface area (Å²) in [4.78, 5) is 4.19. The van der Waals surface area contributed by atoms with E-state index >= 15 is 0 Å². The van der Waals surface area contributed by atoms with Gasteiger partial charge in [0, 0.05) is 18.4 Å². The van der Waals surface area contributed by atoms with Crippen LogP contribution >= 0.6 is 0 Å². The number of aromatic nitrogens is 1. The van der Waals surface area contributed by atoms with Crippen LogP contribution in [0.1, 0.15) is 37.0 Å². The molecule has 2 rings (SSSR count). The molecule has 1 aliphatic rings. The van der Waals surface area contributed by atoms with Crippen molar-refractivity contribution >= 4 is 5.82 Å². The summed E-state index contributed by atoms with van der Waals surface area (Å²) in [6.07, 6.45) is 5.20. The summed E-state index contributed by atoms with van der Waals surface area (Å²) in [6.45, 7) is 2.97. The van der Waals surface area contributed by atoms with E-state index in [1.807, 2.05) is 6.20 Å². The van der Waals surface area contributed by atoms with Gasteiger partial charge in [0.1, 0.15) is 5.82 Å². The first-order chi connectivity index (χ1) is 6.81. The van der Waals surface area contributed by atoms with Crippen molar-refractivity contribution in [2.75, 3.05) is 12.3 Å². The van der Waals surface area contributed by atoms with Gasteiger partial charge >= 0.3 is 0 Å². The molecule has 3 nitrogen and oxygen atoms in total. The maximum atomic E-state index is 5.83. The smallest absolute Gasteiger partial charge is 0.129 e. The normalized spacial score (nSPS) is 21.4. The third kappa shape index (κ3) is 1.73. The zero-order valence-electron chi connectivity index (χ0n) is 8.49. The highest BCUT2D eigenvalue weighted by Gasteiger charge is 2.20. The molecule has 0 amide bonds. The van der Waals surface area contributed by atoms with Gasteiger partial charge in [-0.1, -0.05) is 6.92 Å². The number of aryl methyl sites for hydroxylation is 1. The van der Waals surface area contributed by atoms with Crippen LogP contribution in [-0.4, -0.2) is 11.6 Å². The van der Waals surface area contributed by atoms with Crippen LogP contribution in [0.2, 0.25) is 0 Å². The Kier molecular flexibility index (Phi) is 2.68. The summed E-state index contributed by atoms with van der Waals surface area (Å²) in [6, 6.07) is 2.12. The Morgan fingerprint density at radius 1 is 1.64 bits per heavy atom. The SMILES string of the molecule is CCc1cnc(N)c(C2CCCO2)c1. The molecule has 1 aromatic rings. The largest absolute Gasteiger partial charge is 0.383 e. The number of pyridine rings is 1. The molecule has 1 saturated heterocycles. The number of nitrogens with two attached hydrogens (primary N) is 1. The molecule has 0 bridgehead atoms. The maximum Gasteiger partial charge on any atom is 0.129 e.